The molecule has 9 rings (SSSR count). The average Bonchev–Trinajstić information content (AvgIpc) is 3.25. The van der Waals surface area contributed by atoms with Crippen molar-refractivity contribution >= 4 is 27.8 Å². The molecule has 53 heavy (non-hydrogen) atoms. The first-order valence-corrected chi connectivity index (χ1v) is 18.2. The highest BCUT2D eigenvalue weighted by Gasteiger charge is 2.14. The first-order valence-electron chi connectivity index (χ1n) is 18.2. The van der Waals surface area contributed by atoms with E-state index < -0.39 is 0 Å². The molecule has 0 fully saturated rings. The van der Waals surface area contributed by atoms with Gasteiger partial charge in [-0.05, 0) is 109 Å². The predicted molar refractivity (Wildman–Crippen MR) is 226 cm³/mol. The molecule has 1 nitrogen and oxygen atoms in total. The molecule has 0 aliphatic rings. The topological polar surface area (TPSA) is 3.24 Å². The summed E-state index contributed by atoms with van der Waals surface area (Å²) in [6, 6.07) is 80.7. The number of hydrogen-bond donors (Lipinski definition) is 0. The molecule has 9 aromatic carbocycles. The Hall–Kier alpha value is -6.96. The van der Waals surface area contributed by atoms with Gasteiger partial charge in [-0.1, -0.05) is 182 Å². The van der Waals surface area contributed by atoms with E-state index in [1.807, 2.05) is 0 Å². The molecule has 0 bridgehead atoms. The molecule has 0 heterocycles. The summed E-state index contributed by atoms with van der Waals surface area (Å²) in [7, 11) is 0. The Balaban J connectivity index is 1.01. The average molecular weight is 676 g/mol. The van der Waals surface area contributed by atoms with Crippen LogP contribution in [0.15, 0.2) is 224 Å². The van der Waals surface area contributed by atoms with Crippen LogP contribution in [0.2, 0.25) is 0 Å². The highest BCUT2D eigenvalue weighted by atomic mass is 15.1. The largest absolute Gasteiger partial charge is 0.311 e. The lowest BCUT2D eigenvalue weighted by molar-refractivity contribution is 1.28. The van der Waals surface area contributed by atoms with Crippen molar-refractivity contribution in [3.05, 3.63) is 224 Å². The van der Waals surface area contributed by atoms with Crippen molar-refractivity contribution < 1.29 is 0 Å². The number of nitrogens with zero attached hydrogens (tertiary/aromatic N) is 1. The zero-order valence-electron chi connectivity index (χ0n) is 29.3. The van der Waals surface area contributed by atoms with E-state index in [0.29, 0.717) is 0 Å². The molecule has 250 valence electrons. The van der Waals surface area contributed by atoms with Crippen molar-refractivity contribution in [3.8, 4) is 55.6 Å². The summed E-state index contributed by atoms with van der Waals surface area (Å²) in [6.45, 7) is 0. The Morgan fingerprint density at radius 1 is 0.226 bits per heavy atom. The van der Waals surface area contributed by atoms with Crippen molar-refractivity contribution in [2.45, 2.75) is 0 Å². The lowest BCUT2D eigenvalue weighted by Crippen LogP contribution is -2.09. The lowest BCUT2D eigenvalue weighted by atomic mass is 9.94. The summed E-state index contributed by atoms with van der Waals surface area (Å²) in [5, 5.41) is 2.54. The van der Waals surface area contributed by atoms with Gasteiger partial charge < -0.3 is 4.90 Å². The van der Waals surface area contributed by atoms with Gasteiger partial charge in [0, 0.05) is 17.1 Å². The lowest BCUT2D eigenvalue weighted by Gasteiger charge is -2.26. The highest BCUT2D eigenvalue weighted by Crippen LogP contribution is 2.38. The van der Waals surface area contributed by atoms with Gasteiger partial charge in [-0.2, -0.15) is 0 Å². The van der Waals surface area contributed by atoms with Crippen LogP contribution in [0.3, 0.4) is 0 Å². The molecule has 0 saturated carbocycles. The van der Waals surface area contributed by atoms with Gasteiger partial charge in [0.2, 0.25) is 0 Å². The van der Waals surface area contributed by atoms with Crippen molar-refractivity contribution in [1.82, 2.24) is 0 Å². The SMILES string of the molecule is c1ccc(-c2ccc(N(c3ccc(-c4ccccc4)cc3)c3ccc(-c4ccc(-c5cccc(-c6cccc7ccccc67)c5)cc4)cc3)cc2)cc1. The highest BCUT2D eigenvalue weighted by molar-refractivity contribution is 5.97. The minimum Gasteiger partial charge on any atom is -0.311 e. The minimum absolute atomic E-state index is 1.11. The van der Waals surface area contributed by atoms with Crippen LogP contribution in [0.5, 0.6) is 0 Å². The normalized spacial score (nSPS) is 11.0. The number of anilines is 3. The third-order valence-corrected chi connectivity index (χ3v) is 10.1. The number of hydrogen-bond acceptors (Lipinski definition) is 1. The zero-order valence-corrected chi connectivity index (χ0v) is 29.3. The minimum atomic E-state index is 1.11. The van der Waals surface area contributed by atoms with Crippen LogP contribution < -0.4 is 4.90 Å². The molecule has 0 saturated heterocycles. The Morgan fingerprint density at radius 3 is 1.08 bits per heavy atom. The molecular formula is C52H37N. The maximum absolute atomic E-state index is 2.33. The van der Waals surface area contributed by atoms with Crippen LogP contribution >= 0.6 is 0 Å². The second kappa shape index (κ2) is 14.3. The molecular weight excluding hydrogens is 639 g/mol. The Bertz CT molecular complexity index is 2520. The van der Waals surface area contributed by atoms with Crippen molar-refractivity contribution in [2.24, 2.45) is 0 Å². The molecule has 0 unspecified atom stereocenters. The Kier molecular flexibility index (Phi) is 8.66. The van der Waals surface area contributed by atoms with Gasteiger partial charge in [0.15, 0.2) is 0 Å². The maximum atomic E-state index is 2.33. The van der Waals surface area contributed by atoms with Gasteiger partial charge >= 0.3 is 0 Å². The summed E-state index contributed by atoms with van der Waals surface area (Å²) in [5.74, 6) is 0. The number of benzene rings is 9. The molecule has 0 N–H and O–H groups in total. The molecule has 0 spiro atoms. The molecule has 0 aliphatic heterocycles. The van der Waals surface area contributed by atoms with Gasteiger partial charge in [-0.25, -0.2) is 0 Å². The van der Waals surface area contributed by atoms with E-state index >= 15 is 0 Å². The second-order valence-corrected chi connectivity index (χ2v) is 13.4. The van der Waals surface area contributed by atoms with Crippen LogP contribution in [-0.2, 0) is 0 Å². The molecule has 0 aliphatic carbocycles. The van der Waals surface area contributed by atoms with Gasteiger partial charge in [0.05, 0.1) is 0 Å². The Morgan fingerprint density at radius 2 is 0.566 bits per heavy atom. The van der Waals surface area contributed by atoms with E-state index in [1.54, 1.807) is 0 Å². The van der Waals surface area contributed by atoms with E-state index in [0.717, 1.165) is 17.1 Å². The second-order valence-electron chi connectivity index (χ2n) is 13.4. The van der Waals surface area contributed by atoms with Crippen molar-refractivity contribution in [2.75, 3.05) is 4.90 Å². The van der Waals surface area contributed by atoms with Crippen molar-refractivity contribution in [3.63, 3.8) is 0 Å². The smallest absolute Gasteiger partial charge is 0.0462 e. The van der Waals surface area contributed by atoms with E-state index in [4.69, 9.17) is 0 Å². The summed E-state index contributed by atoms with van der Waals surface area (Å²) < 4.78 is 0. The quantitative estimate of drug-likeness (QED) is 0.155. The van der Waals surface area contributed by atoms with Crippen LogP contribution in [-0.4, -0.2) is 0 Å². The molecule has 1 heteroatoms. The van der Waals surface area contributed by atoms with E-state index in [2.05, 4.69) is 229 Å². The zero-order chi connectivity index (χ0) is 35.4. The van der Waals surface area contributed by atoms with Gasteiger partial charge in [-0.3, -0.25) is 0 Å². The van der Waals surface area contributed by atoms with Gasteiger partial charge in [0.1, 0.15) is 0 Å². The van der Waals surface area contributed by atoms with Crippen molar-refractivity contribution in [1.29, 1.82) is 0 Å². The predicted octanol–water partition coefficient (Wildman–Crippen LogP) is 14.6. The monoisotopic (exact) mass is 675 g/mol. The van der Waals surface area contributed by atoms with Crippen LogP contribution in [0.25, 0.3) is 66.4 Å². The summed E-state index contributed by atoms with van der Waals surface area (Å²) in [4.78, 5) is 2.33. The molecule has 0 amide bonds. The Labute approximate surface area is 311 Å². The molecule has 0 aromatic heterocycles. The molecule has 0 radical (unpaired) electrons. The van der Waals surface area contributed by atoms with E-state index in [-0.39, 0.29) is 0 Å². The van der Waals surface area contributed by atoms with E-state index in [9.17, 15) is 0 Å². The maximum Gasteiger partial charge on any atom is 0.0462 e. The third kappa shape index (κ3) is 6.65. The molecule has 0 atom stereocenters. The fraction of sp³-hybridized carbons (Fsp3) is 0. The fourth-order valence-corrected chi connectivity index (χ4v) is 7.32. The summed E-state index contributed by atoms with van der Waals surface area (Å²) in [6.07, 6.45) is 0. The first kappa shape index (κ1) is 32.0. The third-order valence-electron chi connectivity index (χ3n) is 10.1. The van der Waals surface area contributed by atoms with Crippen LogP contribution in [0.4, 0.5) is 17.1 Å². The van der Waals surface area contributed by atoms with Gasteiger partial charge in [0.25, 0.3) is 0 Å². The summed E-state index contributed by atoms with van der Waals surface area (Å²) in [5.41, 5.74) is 15.4. The van der Waals surface area contributed by atoms with Crippen LogP contribution in [0.1, 0.15) is 0 Å². The first-order chi connectivity index (χ1) is 26.3. The van der Waals surface area contributed by atoms with E-state index in [1.165, 1.54) is 66.4 Å². The number of rotatable bonds is 8. The fourth-order valence-electron chi connectivity index (χ4n) is 7.32. The molecule has 9 aromatic rings. The standard InChI is InChI=1S/C52H37N/c1-3-11-38(12-4-1)41-25-31-48(32-26-41)53(49-33-27-42(28-34-49)39-13-5-2-6-14-39)50-35-29-43(30-36-50)40-21-23-44(24-22-40)46-17-9-18-47(37-46)52-20-10-16-45-15-7-8-19-51(45)52/h1-37H. The van der Waals surface area contributed by atoms with Crippen LogP contribution in [0, 0.1) is 0 Å². The number of fused-ring (bicyclic) bond motifs is 1. The van der Waals surface area contributed by atoms with Gasteiger partial charge in [-0.15, -0.1) is 0 Å². The summed E-state index contributed by atoms with van der Waals surface area (Å²) >= 11 is 0.